The molecule has 1 amide bonds. The Hall–Kier alpha value is -2.84. The Morgan fingerprint density at radius 2 is 1.91 bits per heavy atom. The van der Waals surface area contributed by atoms with Crippen molar-refractivity contribution in [2.75, 3.05) is 26.3 Å². The summed E-state index contributed by atoms with van der Waals surface area (Å²) in [6, 6.07) is 9.52. The third kappa shape index (κ3) is 4.91. The van der Waals surface area contributed by atoms with Gasteiger partial charge in [-0.3, -0.25) is 14.3 Å². The lowest BCUT2D eigenvalue weighted by molar-refractivity contribution is -0.153. The molecule has 1 aromatic heterocycles. The monoisotopic (exact) mass is 455 g/mol. The number of nitrogens with zero attached hydrogens (tertiary/aromatic N) is 3. The van der Waals surface area contributed by atoms with E-state index in [4.69, 9.17) is 14.6 Å². The molecule has 1 fully saturated rings. The second kappa shape index (κ2) is 10.4. The summed E-state index contributed by atoms with van der Waals surface area (Å²) in [6.45, 7) is 3.69. The Morgan fingerprint density at radius 1 is 1.18 bits per heavy atom. The first-order valence-corrected chi connectivity index (χ1v) is 11.8. The third-order valence-corrected chi connectivity index (χ3v) is 6.49. The number of amides is 1. The number of allylic oxidation sites excluding steroid dienone is 1. The van der Waals surface area contributed by atoms with Gasteiger partial charge in [-0.15, -0.1) is 0 Å². The van der Waals surface area contributed by atoms with Gasteiger partial charge in [0.25, 0.3) is 11.5 Å². The summed E-state index contributed by atoms with van der Waals surface area (Å²) in [4.78, 5) is 28.6. The minimum Gasteiger partial charge on any atom is -0.459 e. The smallest absolute Gasteiger partial charge is 0.288 e. The van der Waals surface area contributed by atoms with E-state index in [1.165, 1.54) is 0 Å². The number of aromatic nitrogens is 2. The van der Waals surface area contributed by atoms with Gasteiger partial charge in [0.2, 0.25) is 6.29 Å². The van der Waals surface area contributed by atoms with Gasteiger partial charge in [0.1, 0.15) is 0 Å². The topological polar surface area (TPSA) is 85.9 Å². The van der Waals surface area contributed by atoms with E-state index < -0.39 is 6.29 Å². The van der Waals surface area contributed by atoms with Crippen LogP contribution < -0.4 is 5.56 Å². The van der Waals surface area contributed by atoms with Crippen molar-refractivity contribution in [1.82, 2.24) is 14.3 Å². The molecule has 0 bridgehead atoms. The number of benzene rings is 1. The van der Waals surface area contributed by atoms with E-state index in [0.717, 1.165) is 30.6 Å². The highest BCUT2D eigenvalue weighted by Crippen LogP contribution is 2.33. The summed E-state index contributed by atoms with van der Waals surface area (Å²) in [5, 5.41) is 9.11. The van der Waals surface area contributed by atoms with Gasteiger partial charge in [0.05, 0.1) is 12.3 Å². The lowest BCUT2D eigenvalue weighted by Crippen LogP contribution is -2.39. The Balaban J connectivity index is 1.70. The summed E-state index contributed by atoms with van der Waals surface area (Å²) in [7, 11) is 1.87. The van der Waals surface area contributed by atoms with Crippen LogP contribution in [0.5, 0.6) is 0 Å². The highest BCUT2D eigenvalue weighted by Gasteiger charge is 2.34. The van der Waals surface area contributed by atoms with Crippen LogP contribution in [0.4, 0.5) is 0 Å². The Bertz CT molecular complexity index is 1050. The van der Waals surface area contributed by atoms with Gasteiger partial charge in [-0.05, 0) is 50.8 Å². The maximum Gasteiger partial charge on any atom is 0.288 e. The van der Waals surface area contributed by atoms with Crippen LogP contribution in [-0.2, 0) is 21.3 Å². The van der Waals surface area contributed by atoms with Crippen molar-refractivity contribution in [3.63, 3.8) is 0 Å². The maximum absolute atomic E-state index is 13.6. The van der Waals surface area contributed by atoms with E-state index in [2.05, 4.69) is 0 Å². The summed E-state index contributed by atoms with van der Waals surface area (Å²) in [5.41, 5.74) is 2.16. The molecule has 8 nitrogen and oxygen atoms in total. The molecule has 8 heteroatoms. The van der Waals surface area contributed by atoms with E-state index >= 15 is 0 Å². The number of carbonyl (C=O) groups is 1. The number of ether oxygens (including phenoxy) is 2. The number of carbonyl (C=O) groups excluding carboxylic acids is 1. The molecule has 4 rings (SSSR count). The minimum atomic E-state index is -0.653. The van der Waals surface area contributed by atoms with Crippen LogP contribution in [0.2, 0.25) is 0 Å². The number of aliphatic hydroxyl groups excluding tert-OH is 1. The number of hydrogen-bond donors (Lipinski definition) is 1. The number of hydrogen-bond acceptors (Lipinski definition) is 5. The second-order valence-electron chi connectivity index (χ2n) is 8.70. The van der Waals surface area contributed by atoms with Gasteiger partial charge in [0, 0.05) is 50.3 Å². The fourth-order valence-electron chi connectivity index (χ4n) is 4.66. The van der Waals surface area contributed by atoms with E-state index in [-0.39, 0.29) is 29.8 Å². The zero-order valence-corrected chi connectivity index (χ0v) is 19.4. The average Bonchev–Trinajstić information content (AvgIpc) is 3.07. The highest BCUT2D eigenvalue weighted by molar-refractivity contribution is 5.91. The van der Waals surface area contributed by atoms with Gasteiger partial charge in [0.15, 0.2) is 5.76 Å². The standard InChI is InChI=1S/C25H33N3O5/c1-18-23(25(31)28(26(18)2)20-10-5-3-6-11-20)19-16-21(24(30)27-12-7-4-8-13-27)33-22(17-19)32-15-9-14-29/h3,5-6,10-11,16,19,22,29H,4,7-9,12-15,17H2,1-2H3/t19-,22+/m1/s1. The van der Waals surface area contributed by atoms with Crippen LogP contribution in [0.15, 0.2) is 47.0 Å². The average molecular weight is 456 g/mol. The molecule has 178 valence electrons. The molecule has 2 atom stereocenters. The Morgan fingerprint density at radius 3 is 2.61 bits per heavy atom. The van der Waals surface area contributed by atoms with Crippen LogP contribution in [0.25, 0.3) is 5.69 Å². The molecular weight excluding hydrogens is 422 g/mol. The molecule has 0 aliphatic carbocycles. The minimum absolute atomic E-state index is 0.0190. The largest absolute Gasteiger partial charge is 0.459 e. The normalized spacial score (nSPS) is 20.9. The first-order chi connectivity index (χ1) is 16.0. The molecule has 0 unspecified atom stereocenters. The number of rotatable bonds is 7. The lowest BCUT2D eigenvalue weighted by atomic mass is 9.93. The first-order valence-electron chi connectivity index (χ1n) is 11.8. The molecule has 2 aliphatic rings. The van der Waals surface area contributed by atoms with Crippen LogP contribution in [0.3, 0.4) is 0 Å². The summed E-state index contributed by atoms with van der Waals surface area (Å²) < 4.78 is 15.3. The van der Waals surface area contributed by atoms with Gasteiger partial charge >= 0.3 is 0 Å². The van der Waals surface area contributed by atoms with Crippen LogP contribution >= 0.6 is 0 Å². The molecule has 1 aromatic carbocycles. The Kier molecular flexibility index (Phi) is 7.35. The molecular formula is C25H33N3O5. The van der Waals surface area contributed by atoms with Gasteiger partial charge in [-0.1, -0.05) is 18.2 Å². The third-order valence-electron chi connectivity index (χ3n) is 6.49. The summed E-state index contributed by atoms with van der Waals surface area (Å²) >= 11 is 0. The molecule has 0 spiro atoms. The Labute approximate surface area is 194 Å². The van der Waals surface area contributed by atoms with Gasteiger partial charge in [-0.2, -0.15) is 0 Å². The van der Waals surface area contributed by atoms with Crippen molar-refractivity contribution in [1.29, 1.82) is 0 Å². The van der Waals surface area contributed by atoms with Crippen molar-refractivity contribution >= 4 is 5.91 Å². The molecule has 3 heterocycles. The first kappa shape index (κ1) is 23.3. The van der Waals surface area contributed by atoms with Crippen LogP contribution in [0.1, 0.15) is 49.3 Å². The fourth-order valence-corrected chi connectivity index (χ4v) is 4.66. The molecule has 0 radical (unpaired) electrons. The molecule has 2 aliphatic heterocycles. The fraction of sp³-hybridized carbons (Fsp3) is 0.520. The second-order valence-corrected chi connectivity index (χ2v) is 8.70. The SMILES string of the molecule is Cc1c([C@@H]2C=C(C(=O)N3CCCCC3)O[C@H](OCCCO)C2)c(=O)n(-c2ccccc2)n1C. The van der Waals surface area contributed by atoms with E-state index in [1.54, 1.807) is 10.8 Å². The number of para-hydroxylation sites is 1. The molecule has 0 saturated carbocycles. The van der Waals surface area contributed by atoms with Gasteiger partial charge < -0.3 is 19.5 Å². The quantitative estimate of drug-likeness (QED) is 0.649. The van der Waals surface area contributed by atoms with Crippen molar-refractivity contribution < 1.29 is 19.4 Å². The summed E-state index contributed by atoms with van der Waals surface area (Å²) in [5.74, 6) is -0.214. The van der Waals surface area contributed by atoms with Crippen LogP contribution in [0, 0.1) is 6.92 Å². The van der Waals surface area contributed by atoms with E-state index in [1.807, 2.05) is 53.9 Å². The number of piperidine rings is 1. The predicted molar refractivity (Wildman–Crippen MR) is 124 cm³/mol. The van der Waals surface area contributed by atoms with E-state index in [9.17, 15) is 9.59 Å². The molecule has 1 N–H and O–H groups in total. The highest BCUT2D eigenvalue weighted by atomic mass is 16.7. The van der Waals surface area contributed by atoms with E-state index in [0.29, 0.717) is 38.1 Å². The van der Waals surface area contributed by atoms with Crippen molar-refractivity contribution in [3.05, 3.63) is 63.8 Å². The van der Waals surface area contributed by atoms with Crippen molar-refractivity contribution in [2.24, 2.45) is 7.05 Å². The van der Waals surface area contributed by atoms with Crippen molar-refractivity contribution in [3.8, 4) is 5.69 Å². The molecule has 1 saturated heterocycles. The molecule has 33 heavy (non-hydrogen) atoms. The van der Waals surface area contributed by atoms with Crippen molar-refractivity contribution in [2.45, 2.75) is 51.2 Å². The summed E-state index contributed by atoms with van der Waals surface area (Å²) in [6.07, 6.45) is 5.14. The number of likely N-dealkylation sites (tertiary alicyclic amines) is 1. The lowest BCUT2D eigenvalue weighted by Gasteiger charge is -2.32. The van der Waals surface area contributed by atoms with Crippen LogP contribution in [-0.4, -0.2) is 57.9 Å². The maximum atomic E-state index is 13.6. The number of aliphatic hydroxyl groups is 1. The predicted octanol–water partition coefficient (Wildman–Crippen LogP) is 2.61. The zero-order chi connectivity index (χ0) is 23.4. The van der Waals surface area contributed by atoms with Gasteiger partial charge in [-0.25, -0.2) is 4.68 Å². The molecule has 2 aromatic rings. The zero-order valence-electron chi connectivity index (χ0n) is 19.4.